The predicted molar refractivity (Wildman–Crippen MR) is 42.5 cm³/mol. The lowest BCUT2D eigenvalue weighted by molar-refractivity contribution is -0.104. The first-order chi connectivity index (χ1) is 4.63. The molecule has 0 aliphatic carbocycles. The molecule has 0 heterocycles. The highest BCUT2D eigenvalue weighted by Crippen LogP contribution is 2.19. The Bertz CT molecular complexity index is 196. The fourth-order valence-corrected chi connectivity index (χ4v) is 0.575. The van der Waals surface area contributed by atoms with Crippen molar-refractivity contribution >= 4 is 22.2 Å². The molecule has 0 N–H and O–H groups in total. The zero-order valence-corrected chi connectivity index (χ0v) is 6.82. The normalized spacial score (nSPS) is 11.8. The van der Waals surface area contributed by atoms with Crippen LogP contribution in [0.15, 0.2) is 35.1 Å². The molecule has 0 aromatic carbocycles. The van der Waals surface area contributed by atoms with Crippen molar-refractivity contribution in [2.75, 3.05) is 0 Å². The molecule has 0 aromatic heterocycles. The first-order valence-corrected chi connectivity index (χ1v) is 3.25. The third kappa shape index (κ3) is 2.27. The zero-order valence-electron chi connectivity index (χ0n) is 5.23. The standard InChI is InChI=1S/C7H6BrFO/c1-3-6(4-10)7(9)5(2)8/h3-4H,1-2H2/b7-6-. The van der Waals surface area contributed by atoms with E-state index in [0.717, 1.165) is 6.08 Å². The summed E-state index contributed by atoms with van der Waals surface area (Å²) >= 11 is 2.79. The van der Waals surface area contributed by atoms with E-state index in [9.17, 15) is 9.18 Å². The van der Waals surface area contributed by atoms with Gasteiger partial charge < -0.3 is 0 Å². The van der Waals surface area contributed by atoms with Crippen LogP contribution in [-0.2, 0) is 4.79 Å². The second-order valence-electron chi connectivity index (χ2n) is 1.50. The van der Waals surface area contributed by atoms with Crippen LogP contribution in [-0.4, -0.2) is 6.29 Å². The van der Waals surface area contributed by atoms with E-state index < -0.39 is 5.83 Å². The average Bonchev–Trinajstić information content (AvgIpc) is 1.90. The van der Waals surface area contributed by atoms with Crippen LogP contribution in [0.25, 0.3) is 0 Å². The zero-order chi connectivity index (χ0) is 8.15. The first kappa shape index (κ1) is 9.30. The van der Waals surface area contributed by atoms with Gasteiger partial charge in [0.05, 0.1) is 5.57 Å². The van der Waals surface area contributed by atoms with Crippen molar-refractivity contribution < 1.29 is 9.18 Å². The minimum atomic E-state index is -0.676. The van der Waals surface area contributed by atoms with Crippen LogP contribution in [0.4, 0.5) is 4.39 Å². The van der Waals surface area contributed by atoms with Gasteiger partial charge in [0.25, 0.3) is 0 Å². The number of rotatable bonds is 3. The van der Waals surface area contributed by atoms with Gasteiger partial charge in [-0.05, 0) is 15.9 Å². The van der Waals surface area contributed by atoms with Crippen molar-refractivity contribution in [3.05, 3.63) is 35.1 Å². The van der Waals surface area contributed by atoms with E-state index in [1.807, 2.05) is 0 Å². The molecule has 3 heteroatoms. The molecule has 0 radical (unpaired) electrons. The Balaban J connectivity index is 4.76. The second-order valence-corrected chi connectivity index (χ2v) is 2.45. The molecule has 0 aliphatic heterocycles. The van der Waals surface area contributed by atoms with Gasteiger partial charge in [-0.2, -0.15) is 0 Å². The summed E-state index contributed by atoms with van der Waals surface area (Å²) in [6.07, 6.45) is 1.52. The van der Waals surface area contributed by atoms with Crippen LogP contribution in [0.3, 0.4) is 0 Å². The van der Waals surface area contributed by atoms with Crippen molar-refractivity contribution in [2.45, 2.75) is 0 Å². The summed E-state index contributed by atoms with van der Waals surface area (Å²) in [5, 5.41) is 0. The number of hydrogen-bond donors (Lipinski definition) is 0. The minimum absolute atomic E-state index is 0.0505. The van der Waals surface area contributed by atoms with Crippen molar-refractivity contribution in [3.63, 3.8) is 0 Å². The number of allylic oxidation sites excluding steroid dienone is 4. The van der Waals surface area contributed by atoms with Crippen molar-refractivity contribution in [3.8, 4) is 0 Å². The largest absolute Gasteiger partial charge is 0.298 e. The lowest BCUT2D eigenvalue weighted by atomic mass is 10.2. The maximum absolute atomic E-state index is 12.6. The third-order valence-electron chi connectivity index (χ3n) is 0.838. The highest BCUT2D eigenvalue weighted by atomic mass is 79.9. The van der Waals surface area contributed by atoms with Gasteiger partial charge in [-0.15, -0.1) is 0 Å². The highest BCUT2D eigenvalue weighted by Gasteiger charge is 2.02. The first-order valence-electron chi connectivity index (χ1n) is 2.45. The molecule has 0 aromatic rings. The Hall–Kier alpha value is -0.700. The topological polar surface area (TPSA) is 17.1 Å². The fourth-order valence-electron chi connectivity index (χ4n) is 0.346. The van der Waals surface area contributed by atoms with E-state index in [4.69, 9.17) is 0 Å². The molecule has 1 nitrogen and oxygen atoms in total. The van der Waals surface area contributed by atoms with Gasteiger partial charge in [-0.3, -0.25) is 4.79 Å². The molecule has 0 bridgehead atoms. The molecule has 0 atom stereocenters. The maximum Gasteiger partial charge on any atom is 0.153 e. The van der Waals surface area contributed by atoms with Gasteiger partial charge >= 0.3 is 0 Å². The lowest BCUT2D eigenvalue weighted by Crippen LogP contribution is -1.83. The summed E-state index contributed by atoms with van der Waals surface area (Å²) in [6.45, 7) is 6.49. The third-order valence-corrected chi connectivity index (χ3v) is 1.19. The van der Waals surface area contributed by atoms with Crippen LogP contribution < -0.4 is 0 Å². The number of carbonyl (C=O) groups excluding carboxylic acids is 1. The molecule has 0 saturated heterocycles. The maximum atomic E-state index is 12.6. The van der Waals surface area contributed by atoms with Crippen LogP contribution in [0.2, 0.25) is 0 Å². The predicted octanol–water partition coefficient (Wildman–Crippen LogP) is 2.50. The Morgan fingerprint density at radius 1 is 1.60 bits per heavy atom. The summed E-state index contributed by atoms with van der Waals surface area (Å²) < 4.78 is 12.7. The molecule has 10 heavy (non-hydrogen) atoms. The van der Waals surface area contributed by atoms with E-state index in [0.29, 0.717) is 6.29 Å². The summed E-state index contributed by atoms with van der Waals surface area (Å²) in [5.41, 5.74) is -0.0955. The molecule has 0 spiro atoms. The van der Waals surface area contributed by atoms with E-state index >= 15 is 0 Å². The second kappa shape index (κ2) is 4.17. The molecule has 0 saturated carbocycles. The van der Waals surface area contributed by atoms with Crippen LogP contribution in [0, 0.1) is 0 Å². The van der Waals surface area contributed by atoms with Gasteiger partial charge in [-0.1, -0.05) is 19.2 Å². The van der Waals surface area contributed by atoms with Crippen molar-refractivity contribution in [1.29, 1.82) is 0 Å². The van der Waals surface area contributed by atoms with Crippen LogP contribution in [0.5, 0.6) is 0 Å². The molecule has 0 fully saturated rings. The molecule has 0 amide bonds. The van der Waals surface area contributed by atoms with Crippen LogP contribution in [0.1, 0.15) is 0 Å². The van der Waals surface area contributed by atoms with Gasteiger partial charge in [0.15, 0.2) is 6.29 Å². The smallest absolute Gasteiger partial charge is 0.153 e. The van der Waals surface area contributed by atoms with Gasteiger partial charge in [0.1, 0.15) is 5.83 Å². The van der Waals surface area contributed by atoms with Crippen molar-refractivity contribution in [2.24, 2.45) is 0 Å². The van der Waals surface area contributed by atoms with Crippen LogP contribution >= 0.6 is 15.9 Å². The SMILES string of the molecule is C=C/C(C=O)=C(/F)C(=C)Br. The van der Waals surface area contributed by atoms with E-state index in [1.165, 1.54) is 0 Å². The quantitative estimate of drug-likeness (QED) is 0.393. The molecule has 54 valence electrons. The summed E-state index contributed by atoms with van der Waals surface area (Å²) in [5.74, 6) is -0.676. The van der Waals surface area contributed by atoms with Crippen molar-refractivity contribution in [1.82, 2.24) is 0 Å². The summed E-state index contributed by atoms with van der Waals surface area (Å²) in [7, 11) is 0. The average molecular weight is 205 g/mol. The van der Waals surface area contributed by atoms with Gasteiger partial charge in [0.2, 0.25) is 0 Å². The van der Waals surface area contributed by atoms with E-state index in [1.54, 1.807) is 0 Å². The number of hydrogen-bond acceptors (Lipinski definition) is 1. The number of carbonyl (C=O) groups is 1. The van der Waals surface area contributed by atoms with E-state index in [2.05, 4.69) is 29.1 Å². The van der Waals surface area contributed by atoms with Gasteiger partial charge in [-0.25, -0.2) is 4.39 Å². The lowest BCUT2D eigenvalue weighted by Gasteiger charge is -1.92. The Kier molecular flexibility index (Phi) is 3.88. The molecule has 0 rings (SSSR count). The fraction of sp³-hybridized carbons (Fsp3) is 0. The Morgan fingerprint density at radius 3 is 2.20 bits per heavy atom. The Morgan fingerprint density at radius 2 is 2.10 bits per heavy atom. The summed E-state index contributed by atoms with van der Waals surface area (Å²) in [6, 6.07) is 0. The van der Waals surface area contributed by atoms with E-state index in [-0.39, 0.29) is 10.1 Å². The molecule has 0 unspecified atom stereocenters. The molecular weight excluding hydrogens is 199 g/mol. The summed E-state index contributed by atoms with van der Waals surface area (Å²) in [4.78, 5) is 10.1. The molecule has 0 aliphatic rings. The Labute approximate surface area is 67.1 Å². The minimum Gasteiger partial charge on any atom is -0.298 e. The highest BCUT2D eigenvalue weighted by molar-refractivity contribution is 9.11. The molecular formula is C7H6BrFO. The van der Waals surface area contributed by atoms with Gasteiger partial charge in [0, 0.05) is 4.48 Å². The number of aldehydes is 1. The number of halogens is 2. The monoisotopic (exact) mass is 204 g/mol.